The Bertz CT molecular complexity index is 916. The highest BCUT2D eigenvalue weighted by atomic mass is 32.1. The summed E-state index contributed by atoms with van der Waals surface area (Å²) >= 11 is 5.11. The topological polar surface area (TPSA) is 71.9 Å². The Morgan fingerprint density at radius 3 is 2.83 bits per heavy atom. The highest BCUT2D eigenvalue weighted by Gasteiger charge is 2.05. The van der Waals surface area contributed by atoms with Crippen LogP contribution in [0.3, 0.4) is 0 Å². The Balaban J connectivity index is 1.49. The zero-order chi connectivity index (χ0) is 16.9. The van der Waals surface area contributed by atoms with Crippen LogP contribution in [0.5, 0.6) is 5.75 Å². The number of hydrogen-bond donors (Lipinski definition) is 2. The van der Waals surface area contributed by atoms with Crippen molar-refractivity contribution in [3.63, 3.8) is 0 Å². The number of carbonyl (C=O) groups is 1. The van der Waals surface area contributed by atoms with E-state index in [4.69, 9.17) is 17.0 Å². The van der Waals surface area contributed by atoms with Gasteiger partial charge in [-0.25, -0.2) is 0 Å². The van der Waals surface area contributed by atoms with Crippen molar-refractivity contribution < 1.29 is 9.53 Å². The highest BCUT2D eigenvalue weighted by Crippen LogP contribution is 2.20. The second kappa shape index (κ2) is 7.27. The molecular formula is C17H18N4O2S. The van der Waals surface area contributed by atoms with E-state index in [1.165, 1.54) is 0 Å². The molecule has 1 aromatic heterocycles. The van der Waals surface area contributed by atoms with Gasteiger partial charge in [0.2, 0.25) is 0 Å². The molecule has 124 valence electrons. The number of nitrogens with one attached hydrogen (secondary N) is 2. The molecule has 3 aromatic rings. The largest absolute Gasteiger partial charge is 0.484 e. The number of benzene rings is 2. The second-order valence-corrected chi connectivity index (χ2v) is 5.76. The van der Waals surface area contributed by atoms with Crippen LogP contribution in [0.15, 0.2) is 42.5 Å². The number of fused-ring (bicyclic) bond motifs is 1. The summed E-state index contributed by atoms with van der Waals surface area (Å²) in [5.74, 6) is 1.30. The summed E-state index contributed by atoms with van der Waals surface area (Å²) in [5.41, 5.74) is 0. The third kappa shape index (κ3) is 3.80. The van der Waals surface area contributed by atoms with Crippen molar-refractivity contribution in [3.05, 3.63) is 53.1 Å². The van der Waals surface area contributed by atoms with E-state index in [1.54, 1.807) is 0 Å². The van der Waals surface area contributed by atoms with Crippen LogP contribution in [0.25, 0.3) is 10.8 Å². The molecule has 24 heavy (non-hydrogen) atoms. The number of hydrogen-bond acceptors (Lipinski definition) is 4. The Morgan fingerprint density at radius 1 is 1.29 bits per heavy atom. The number of aromatic amines is 1. The first-order valence-corrected chi connectivity index (χ1v) is 8.04. The van der Waals surface area contributed by atoms with E-state index in [0.29, 0.717) is 23.6 Å². The molecule has 0 atom stereocenters. The van der Waals surface area contributed by atoms with Gasteiger partial charge in [-0.05, 0) is 42.0 Å². The molecule has 2 aromatic carbocycles. The normalized spacial score (nSPS) is 10.7. The summed E-state index contributed by atoms with van der Waals surface area (Å²) in [6.45, 7) is 2.88. The van der Waals surface area contributed by atoms with Crippen molar-refractivity contribution in [2.45, 2.75) is 13.5 Å². The van der Waals surface area contributed by atoms with Crippen molar-refractivity contribution in [2.24, 2.45) is 0 Å². The van der Waals surface area contributed by atoms with Gasteiger partial charge in [0.05, 0.1) is 0 Å². The molecule has 0 spiro atoms. The van der Waals surface area contributed by atoms with Gasteiger partial charge in [0, 0.05) is 13.1 Å². The lowest BCUT2D eigenvalue weighted by Crippen LogP contribution is -2.31. The number of carbonyl (C=O) groups excluding carboxylic acids is 1. The number of aromatic nitrogens is 3. The lowest BCUT2D eigenvalue weighted by molar-refractivity contribution is -0.123. The molecule has 2 N–H and O–H groups in total. The maximum Gasteiger partial charge on any atom is 0.258 e. The number of rotatable bonds is 6. The van der Waals surface area contributed by atoms with Crippen molar-refractivity contribution in [2.75, 3.05) is 13.2 Å². The SMILES string of the molecule is Cc1n[nH]c(=S)n1CCNC(=O)COc1ccc2ccccc2c1. The van der Waals surface area contributed by atoms with E-state index >= 15 is 0 Å². The molecule has 0 aliphatic rings. The molecule has 0 saturated carbocycles. The van der Waals surface area contributed by atoms with E-state index in [9.17, 15) is 4.79 Å². The van der Waals surface area contributed by atoms with Gasteiger partial charge in [-0.1, -0.05) is 30.3 Å². The highest BCUT2D eigenvalue weighted by molar-refractivity contribution is 7.71. The molecule has 6 nitrogen and oxygen atoms in total. The molecule has 0 aliphatic heterocycles. The van der Waals surface area contributed by atoms with E-state index < -0.39 is 0 Å². The van der Waals surface area contributed by atoms with Gasteiger partial charge in [0.15, 0.2) is 11.4 Å². The summed E-state index contributed by atoms with van der Waals surface area (Å²) in [5, 5.41) is 11.8. The van der Waals surface area contributed by atoms with Crippen LogP contribution in [0.2, 0.25) is 0 Å². The smallest absolute Gasteiger partial charge is 0.258 e. The molecule has 0 fully saturated rings. The Hall–Kier alpha value is -2.67. The van der Waals surface area contributed by atoms with E-state index in [-0.39, 0.29) is 12.5 Å². The van der Waals surface area contributed by atoms with Crippen molar-refractivity contribution in [1.29, 1.82) is 0 Å². The molecular weight excluding hydrogens is 324 g/mol. The van der Waals surface area contributed by atoms with E-state index in [2.05, 4.69) is 15.5 Å². The first-order chi connectivity index (χ1) is 11.6. The summed E-state index contributed by atoms with van der Waals surface area (Å²) < 4.78 is 7.94. The minimum Gasteiger partial charge on any atom is -0.484 e. The van der Waals surface area contributed by atoms with Crippen LogP contribution >= 0.6 is 12.2 Å². The molecule has 3 rings (SSSR count). The first-order valence-electron chi connectivity index (χ1n) is 7.63. The maximum absolute atomic E-state index is 11.9. The first kappa shape index (κ1) is 16.2. The lowest BCUT2D eigenvalue weighted by atomic mass is 10.1. The van der Waals surface area contributed by atoms with Gasteiger partial charge in [0.25, 0.3) is 5.91 Å². The second-order valence-electron chi connectivity index (χ2n) is 5.38. The maximum atomic E-state index is 11.9. The summed E-state index contributed by atoms with van der Waals surface area (Å²) in [6.07, 6.45) is 0. The standard InChI is InChI=1S/C17H18N4O2S/c1-12-19-20-17(24)21(12)9-8-18-16(22)11-23-15-7-6-13-4-2-3-5-14(13)10-15/h2-7,10H,8-9,11H2,1H3,(H,18,22)(H,20,24). The van der Waals surface area contributed by atoms with E-state index in [1.807, 2.05) is 54.0 Å². The van der Waals surface area contributed by atoms with Crippen molar-refractivity contribution >= 4 is 28.9 Å². The number of aryl methyl sites for hydroxylation is 1. The molecule has 0 unspecified atom stereocenters. The van der Waals surface area contributed by atoms with Crippen LogP contribution in [-0.4, -0.2) is 33.8 Å². The van der Waals surface area contributed by atoms with Gasteiger partial charge >= 0.3 is 0 Å². The molecule has 1 amide bonds. The third-order valence-electron chi connectivity index (χ3n) is 3.70. The fraction of sp³-hybridized carbons (Fsp3) is 0.235. The molecule has 1 heterocycles. The van der Waals surface area contributed by atoms with Gasteiger partial charge < -0.3 is 14.6 Å². The summed E-state index contributed by atoms with van der Waals surface area (Å²) in [7, 11) is 0. The number of H-pyrrole nitrogens is 1. The summed E-state index contributed by atoms with van der Waals surface area (Å²) in [4.78, 5) is 11.9. The molecule has 0 bridgehead atoms. The van der Waals surface area contributed by atoms with E-state index in [0.717, 1.165) is 16.6 Å². The monoisotopic (exact) mass is 342 g/mol. The number of ether oxygens (including phenoxy) is 1. The van der Waals surface area contributed by atoms with Crippen molar-refractivity contribution in [3.8, 4) is 5.75 Å². The van der Waals surface area contributed by atoms with Crippen LogP contribution in [0.1, 0.15) is 5.82 Å². The molecule has 0 radical (unpaired) electrons. The fourth-order valence-corrected chi connectivity index (χ4v) is 2.69. The Kier molecular flexibility index (Phi) is 4.90. The van der Waals surface area contributed by atoms with Gasteiger partial charge in [-0.2, -0.15) is 5.10 Å². The zero-order valence-corrected chi connectivity index (χ0v) is 14.1. The van der Waals surface area contributed by atoms with Crippen LogP contribution < -0.4 is 10.1 Å². The predicted molar refractivity (Wildman–Crippen MR) is 94.6 cm³/mol. The van der Waals surface area contributed by atoms with Gasteiger partial charge in [0.1, 0.15) is 11.6 Å². The molecule has 0 saturated heterocycles. The average Bonchev–Trinajstić information content (AvgIpc) is 2.91. The van der Waals surface area contributed by atoms with Crippen LogP contribution in [-0.2, 0) is 11.3 Å². The quantitative estimate of drug-likeness (QED) is 0.676. The minimum absolute atomic E-state index is 0.0197. The molecule has 0 aliphatic carbocycles. The zero-order valence-electron chi connectivity index (χ0n) is 13.3. The predicted octanol–water partition coefficient (Wildman–Crippen LogP) is 2.60. The average molecular weight is 342 g/mol. The Labute approximate surface area is 144 Å². The Morgan fingerprint density at radius 2 is 2.08 bits per heavy atom. The van der Waals surface area contributed by atoms with Crippen LogP contribution in [0.4, 0.5) is 0 Å². The van der Waals surface area contributed by atoms with Gasteiger partial charge in [-0.3, -0.25) is 9.89 Å². The third-order valence-corrected chi connectivity index (χ3v) is 4.01. The lowest BCUT2D eigenvalue weighted by Gasteiger charge is -2.09. The molecule has 7 heteroatoms. The number of nitrogens with zero attached hydrogens (tertiary/aromatic N) is 2. The minimum atomic E-state index is -0.171. The van der Waals surface area contributed by atoms with Crippen LogP contribution in [0, 0.1) is 11.7 Å². The van der Waals surface area contributed by atoms with Crippen molar-refractivity contribution in [1.82, 2.24) is 20.1 Å². The number of amides is 1. The van der Waals surface area contributed by atoms with Gasteiger partial charge in [-0.15, -0.1) is 0 Å². The fourth-order valence-electron chi connectivity index (χ4n) is 2.42. The summed E-state index contributed by atoms with van der Waals surface area (Å²) in [6, 6.07) is 13.8.